The lowest BCUT2D eigenvalue weighted by atomic mass is 9.99. The van der Waals surface area contributed by atoms with Crippen LogP contribution in [0.2, 0.25) is 0 Å². The Morgan fingerprint density at radius 3 is 2.52 bits per heavy atom. The molecule has 0 radical (unpaired) electrons. The van der Waals surface area contributed by atoms with Crippen molar-refractivity contribution in [2.24, 2.45) is 7.05 Å². The molecule has 3 aromatic carbocycles. The minimum absolute atomic E-state index is 0.0240. The van der Waals surface area contributed by atoms with E-state index in [1.54, 1.807) is 10.9 Å². The highest BCUT2D eigenvalue weighted by molar-refractivity contribution is 5.95. The number of rotatable bonds is 5. The summed E-state index contributed by atoms with van der Waals surface area (Å²) in [6.45, 7) is 0. The molecule has 1 aromatic heterocycles. The standard InChI is InChI=1S/C27H25N3O/c1-30-26(16-19-8-4-2-5-9-19)24(18-28-30)27(31)29-25-15-14-21-12-13-22(17-23(21)25)20-10-6-3-7-11-20/h2-13,17-18,25H,14-16H2,1H3,(H,29,31). The Morgan fingerprint density at radius 1 is 1.00 bits per heavy atom. The van der Waals surface area contributed by atoms with Crippen molar-refractivity contribution in [1.82, 2.24) is 15.1 Å². The van der Waals surface area contributed by atoms with Gasteiger partial charge >= 0.3 is 0 Å². The van der Waals surface area contributed by atoms with E-state index < -0.39 is 0 Å². The molecule has 4 aromatic rings. The highest BCUT2D eigenvalue weighted by Crippen LogP contribution is 2.34. The van der Waals surface area contributed by atoms with Crippen LogP contribution < -0.4 is 5.32 Å². The summed E-state index contributed by atoms with van der Waals surface area (Å²) in [7, 11) is 1.89. The number of aryl methyl sites for hydroxylation is 2. The first-order chi connectivity index (χ1) is 15.2. The van der Waals surface area contributed by atoms with Gasteiger partial charge in [0.1, 0.15) is 0 Å². The zero-order valence-electron chi connectivity index (χ0n) is 17.6. The normalized spacial score (nSPS) is 14.9. The Hall–Kier alpha value is -3.66. The minimum atomic E-state index is -0.0537. The van der Waals surface area contributed by atoms with Gasteiger partial charge in [-0.1, -0.05) is 72.8 Å². The van der Waals surface area contributed by atoms with Crippen molar-refractivity contribution in [1.29, 1.82) is 0 Å². The first-order valence-electron chi connectivity index (χ1n) is 10.7. The number of hydrogen-bond acceptors (Lipinski definition) is 2. The van der Waals surface area contributed by atoms with E-state index in [1.807, 2.05) is 31.3 Å². The zero-order chi connectivity index (χ0) is 21.2. The summed E-state index contributed by atoms with van der Waals surface area (Å²) in [6.07, 6.45) is 4.27. The van der Waals surface area contributed by atoms with E-state index >= 15 is 0 Å². The highest BCUT2D eigenvalue weighted by atomic mass is 16.1. The van der Waals surface area contributed by atoms with Crippen LogP contribution in [0.1, 0.15) is 45.2 Å². The molecule has 1 aliphatic rings. The van der Waals surface area contributed by atoms with Crippen LogP contribution in [0.4, 0.5) is 0 Å². The number of hydrogen-bond donors (Lipinski definition) is 1. The lowest BCUT2D eigenvalue weighted by Gasteiger charge is -2.16. The molecule has 154 valence electrons. The maximum absolute atomic E-state index is 13.2. The topological polar surface area (TPSA) is 46.9 Å². The number of carbonyl (C=O) groups excluding carboxylic acids is 1. The van der Waals surface area contributed by atoms with Gasteiger partial charge < -0.3 is 5.32 Å². The summed E-state index contributed by atoms with van der Waals surface area (Å²) in [4.78, 5) is 13.2. The first kappa shape index (κ1) is 19.3. The largest absolute Gasteiger partial charge is 0.345 e. The lowest BCUT2D eigenvalue weighted by Crippen LogP contribution is -2.28. The minimum Gasteiger partial charge on any atom is -0.345 e. The monoisotopic (exact) mass is 407 g/mol. The van der Waals surface area contributed by atoms with Crippen LogP contribution in [0.25, 0.3) is 11.1 Å². The fourth-order valence-electron chi connectivity index (χ4n) is 4.45. The van der Waals surface area contributed by atoms with Gasteiger partial charge in [0.15, 0.2) is 0 Å². The van der Waals surface area contributed by atoms with Gasteiger partial charge in [-0.25, -0.2) is 0 Å². The molecule has 0 aliphatic heterocycles. The van der Waals surface area contributed by atoms with Gasteiger partial charge in [-0.15, -0.1) is 0 Å². The molecule has 0 saturated heterocycles. The molecule has 1 aliphatic carbocycles. The molecule has 31 heavy (non-hydrogen) atoms. The van der Waals surface area contributed by atoms with Crippen molar-refractivity contribution >= 4 is 5.91 Å². The SMILES string of the molecule is Cn1ncc(C(=O)NC2CCc3ccc(-c4ccccc4)cc32)c1Cc1ccccc1. The third-order valence-corrected chi connectivity index (χ3v) is 6.16. The van der Waals surface area contributed by atoms with E-state index in [0.29, 0.717) is 12.0 Å². The van der Waals surface area contributed by atoms with E-state index in [4.69, 9.17) is 0 Å². The van der Waals surface area contributed by atoms with Crippen LogP contribution in [0.3, 0.4) is 0 Å². The van der Waals surface area contributed by atoms with Crippen LogP contribution >= 0.6 is 0 Å². The van der Waals surface area contributed by atoms with Gasteiger partial charge in [0, 0.05) is 13.5 Å². The lowest BCUT2D eigenvalue weighted by molar-refractivity contribution is 0.0935. The predicted octanol–water partition coefficient (Wildman–Crippen LogP) is 5.10. The second-order valence-electron chi connectivity index (χ2n) is 8.14. The fraction of sp³-hybridized carbons (Fsp3) is 0.185. The van der Waals surface area contributed by atoms with Gasteiger partial charge in [0.25, 0.3) is 5.91 Å². The molecule has 1 N–H and O–H groups in total. The van der Waals surface area contributed by atoms with Crippen molar-refractivity contribution in [2.45, 2.75) is 25.3 Å². The Balaban J connectivity index is 1.39. The Bertz CT molecular complexity index is 1210. The van der Waals surface area contributed by atoms with Crippen molar-refractivity contribution < 1.29 is 4.79 Å². The highest BCUT2D eigenvalue weighted by Gasteiger charge is 2.26. The summed E-state index contributed by atoms with van der Waals surface area (Å²) < 4.78 is 1.80. The summed E-state index contributed by atoms with van der Waals surface area (Å²) in [5, 5.41) is 7.64. The molecule has 4 nitrogen and oxygen atoms in total. The van der Waals surface area contributed by atoms with E-state index in [0.717, 1.165) is 18.5 Å². The summed E-state index contributed by atoms with van der Waals surface area (Å²) in [6, 6.07) is 27.2. The fourth-order valence-corrected chi connectivity index (χ4v) is 4.45. The molecule has 1 unspecified atom stereocenters. The Morgan fingerprint density at radius 2 is 1.74 bits per heavy atom. The quantitative estimate of drug-likeness (QED) is 0.501. The van der Waals surface area contributed by atoms with Gasteiger partial charge in [-0.2, -0.15) is 5.10 Å². The van der Waals surface area contributed by atoms with Crippen LogP contribution in [0.15, 0.2) is 85.1 Å². The van der Waals surface area contributed by atoms with Gasteiger partial charge in [0.2, 0.25) is 0 Å². The van der Waals surface area contributed by atoms with Gasteiger partial charge in [0.05, 0.1) is 23.5 Å². The number of amides is 1. The third-order valence-electron chi connectivity index (χ3n) is 6.16. The van der Waals surface area contributed by atoms with Crippen LogP contribution in [-0.4, -0.2) is 15.7 Å². The molecular formula is C27H25N3O. The second-order valence-corrected chi connectivity index (χ2v) is 8.14. The average Bonchev–Trinajstić information content (AvgIpc) is 3.38. The van der Waals surface area contributed by atoms with E-state index in [1.165, 1.54) is 27.8 Å². The number of nitrogens with zero attached hydrogens (tertiary/aromatic N) is 2. The van der Waals surface area contributed by atoms with Crippen molar-refractivity contribution in [2.75, 3.05) is 0 Å². The van der Waals surface area contributed by atoms with E-state index in [9.17, 15) is 4.79 Å². The van der Waals surface area contributed by atoms with Crippen molar-refractivity contribution in [3.05, 3.63) is 113 Å². The zero-order valence-corrected chi connectivity index (χ0v) is 17.6. The molecule has 5 rings (SSSR count). The van der Waals surface area contributed by atoms with Gasteiger partial charge in [-0.3, -0.25) is 9.48 Å². The summed E-state index contributed by atoms with van der Waals surface area (Å²) in [5.41, 5.74) is 7.67. The van der Waals surface area contributed by atoms with Gasteiger partial charge in [-0.05, 0) is 46.7 Å². The van der Waals surface area contributed by atoms with E-state index in [-0.39, 0.29) is 11.9 Å². The molecule has 0 saturated carbocycles. The first-order valence-corrected chi connectivity index (χ1v) is 10.7. The maximum atomic E-state index is 13.2. The molecule has 0 fully saturated rings. The predicted molar refractivity (Wildman–Crippen MR) is 123 cm³/mol. The summed E-state index contributed by atoms with van der Waals surface area (Å²) in [5.74, 6) is -0.0537. The molecular weight excluding hydrogens is 382 g/mol. The number of benzene rings is 3. The molecule has 0 bridgehead atoms. The second kappa shape index (κ2) is 8.23. The number of nitrogens with one attached hydrogen (secondary N) is 1. The molecule has 1 atom stereocenters. The molecule has 1 heterocycles. The number of fused-ring (bicyclic) bond motifs is 1. The van der Waals surface area contributed by atoms with Crippen LogP contribution in [0, 0.1) is 0 Å². The summed E-state index contributed by atoms with van der Waals surface area (Å²) >= 11 is 0. The Kier molecular flexibility index (Phi) is 5.13. The smallest absolute Gasteiger partial charge is 0.255 e. The van der Waals surface area contributed by atoms with E-state index in [2.05, 4.69) is 65.0 Å². The molecule has 1 amide bonds. The third kappa shape index (κ3) is 3.89. The number of carbonyl (C=O) groups is 1. The maximum Gasteiger partial charge on any atom is 0.255 e. The number of aromatic nitrogens is 2. The average molecular weight is 408 g/mol. The van der Waals surface area contributed by atoms with Crippen LogP contribution in [0.5, 0.6) is 0 Å². The molecule has 4 heteroatoms. The van der Waals surface area contributed by atoms with Crippen LogP contribution in [-0.2, 0) is 19.9 Å². The van der Waals surface area contributed by atoms with Crippen molar-refractivity contribution in [3.8, 4) is 11.1 Å². The Labute approximate surface area is 182 Å². The van der Waals surface area contributed by atoms with Crippen molar-refractivity contribution in [3.63, 3.8) is 0 Å². The molecule has 0 spiro atoms.